The number of anilines is 1. The van der Waals surface area contributed by atoms with Crippen molar-refractivity contribution >= 4 is 16.0 Å². The van der Waals surface area contributed by atoms with Gasteiger partial charge in [-0.1, -0.05) is 5.10 Å². The Hall–Kier alpha value is -1.19. The van der Waals surface area contributed by atoms with Gasteiger partial charge in [0, 0.05) is 26.6 Å². The fourth-order valence-corrected chi connectivity index (χ4v) is 3.89. The Morgan fingerprint density at radius 1 is 1.24 bits per heavy atom. The van der Waals surface area contributed by atoms with Gasteiger partial charge in [-0.15, -0.1) is 5.10 Å². The number of nitrogens with zero attached hydrogens (tertiary/aromatic N) is 4. The van der Waals surface area contributed by atoms with Gasteiger partial charge in [-0.2, -0.15) is 4.31 Å². The highest BCUT2D eigenvalue weighted by molar-refractivity contribution is 7.88. The zero-order valence-electron chi connectivity index (χ0n) is 12.3. The van der Waals surface area contributed by atoms with Crippen LogP contribution in [0.4, 0.5) is 6.01 Å². The molecule has 2 saturated heterocycles. The third kappa shape index (κ3) is 3.04. The molecule has 1 aromatic rings. The lowest BCUT2D eigenvalue weighted by atomic mass is 9.91. The smallest absolute Gasteiger partial charge is 0.318 e. The number of rotatable bonds is 2. The van der Waals surface area contributed by atoms with Crippen molar-refractivity contribution in [2.75, 3.05) is 43.9 Å². The highest BCUT2D eigenvalue weighted by atomic mass is 32.2. The van der Waals surface area contributed by atoms with Crippen LogP contribution in [-0.2, 0) is 14.8 Å². The summed E-state index contributed by atoms with van der Waals surface area (Å²) in [4.78, 5) is 1.98. The maximum absolute atomic E-state index is 11.8. The number of piperidine rings is 1. The number of aromatic nitrogens is 2. The van der Waals surface area contributed by atoms with Crippen LogP contribution in [-0.4, -0.2) is 67.6 Å². The molecule has 1 spiro atoms. The lowest BCUT2D eigenvalue weighted by Crippen LogP contribution is -2.60. The molecule has 0 aromatic carbocycles. The molecule has 0 N–H and O–H groups in total. The van der Waals surface area contributed by atoms with Gasteiger partial charge in [-0.25, -0.2) is 8.42 Å². The van der Waals surface area contributed by atoms with Crippen LogP contribution < -0.4 is 4.90 Å². The summed E-state index contributed by atoms with van der Waals surface area (Å²) >= 11 is 0. The second-order valence-corrected chi connectivity index (χ2v) is 7.74. The summed E-state index contributed by atoms with van der Waals surface area (Å²) < 4.78 is 36.5. The lowest BCUT2D eigenvalue weighted by Gasteiger charge is -2.46. The fraction of sp³-hybridized carbons (Fsp3) is 0.833. The van der Waals surface area contributed by atoms with E-state index >= 15 is 0 Å². The van der Waals surface area contributed by atoms with Gasteiger partial charge in [-0.3, -0.25) is 0 Å². The Bertz CT molecular complexity index is 613. The lowest BCUT2D eigenvalue weighted by molar-refractivity contribution is -0.0954. The number of ether oxygens (including phenoxy) is 1. The van der Waals surface area contributed by atoms with Crippen molar-refractivity contribution in [1.29, 1.82) is 0 Å². The molecule has 1 atom stereocenters. The summed E-state index contributed by atoms with van der Waals surface area (Å²) in [5.74, 6) is 0.520. The largest absolute Gasteiger partial charge is 0.408 e. The first-order valence-electron chi connectivity index (χ1n) is 7.02. The molecule has 8 nitrogen and oxygen atoms in total. The summed E-state index contributed by atoms with van der Waals surface area (Å²) in [5, 5.41) is 7.88. The standard InChI is InChI=1S/C12H20N4O4S/c1-10-13-14-11(20-10)15-5-3-4-12(8-15)9-16(6-7-19-12)21(2,17)18/h3-9H2,1-2H3/t12-/m0/s1. The topological polar surface area (TPSA) is 88.8 Å². The monoisotopic (exact) mass is 316 g/mol. The Labute approximate surface area is 124 Å². The van der Waals surface area contributed by atoms with Crippen LogP contribution in [0.2, 0.25) is 0 Å². The zero-order valence-corrected chi connectivity index (χ0v) is 13.1. The first kappa shape index (κ1) is 14.7. The SMILES string of the molecule is Cc1nnc(N2CCC[C@]3(C2)CN(S(C)(=O)=O)CCO3)o1. The number of aryl methyl sites for hydroxylation is 1. The molecule has 0 bridgehead atoms. The van der Waals surface area contributed by atoms with E-state index in [-0.39, 0.29) is 0 Å². The fourth-order valence-electron chi connectivity index (χ4n) is 3.02. The van der Waals surface area contributed by atoms with Gasteiger partial charge in [0.05, 0.1) is 25.0 Å². The summed E-state index contributed by atoms with van der Waals surface area (Å²) in [6.07, 6.45) is 2.98. The van der Waals surface area contributed by atoms with Crippen molar-refractivity contribution in [1.82, 2.24) is 14.5 Å². The molecular weight excluding hydrogens is 296 g/mol. The normalized spacial score (nSPS) is 28.2. The van der Waals surface area contributed by atoms with Crippen molar-refractivity contribution in [2.24, 2.45) is 0 Å². The average Bonchev–Trinajstić information content (AvgIpc) is 2.85. The summed E-state index contributed by atoms with van der Waals surface area (Å²) in [7, 11) is -3.20. The molecule has 0 saturated carbocycles. The van der Waals surface area contributed by atoms with E-state index in [9.17, 15) is 8.42 Å². The summed E-state index contributed by atoms with van der Waals surface area (Å²) in [6.45, 7) is 4.35. The summed E-state index contributed by atoms with van der Waals surface area (Å²) in [6, 6.07) is 0.478. The van der Waals surface area contributed by atoms with Crippen LogP contribution in [0.1, 0.15) is 18.7 Å². The quantitative estimate of drug-likeness (QED) is 0.759. The van der Waals surface area contributed by atoms with Crippen molar-refractivity contribution < 1.29 is 17.6 Å². The minimum atomic E-state index is -3.20. The Kier molecular flexibility index (Phi) is 3.66. The van der Waals surface area contributed by atoms with Gasteiger partial charge >= 0.3 is 6.01 Å². The first-order valence-corrected chi connectivity index (χ1v) is 8.87. The maximum atomic E-state index is 11.8. The van der Waals surface area contributed by atoms with E-state index in [2.05, 4.69) is 10.2 Å². The van der Waals surface area contributed by atoms with Gasteiger partial charge in [0.1, 0.15) is 0 Å². The van der Waals surface area contributed by atoms with Crippen LogP contribution in [0.5, 0.6) is 0 Å². The molecule has 21 heavy (non-hydrogen) atoms. The number of morpholine rings is 1. The third-order valence-electron chi connectivity index (χ3n) is 4.01. The molecule has 2 aliphatic rings. The molecule has 1 aromatic heterocycles. The van der Waals surface area contributed by atoms with E-state index in [4.69, 9.17) is 9.15 Å². The van der Waals surface area contributed by atoms with E-state index < -0.39 is 15.6 Å². The highest BCUT2D eigenvalue weighted by Crippen LogP contribution is 2.31. The van der Waals surface area contributed by atoms with Gasteiger partial charge in [0.15, 0.2) is 0 Å². The van der Waals surface area contributed by atoms with Crippen LogP contribution >= 0.6 is 0 Å². The van der Waals surface area contributed by atoms with Crippen molar-refractivity contribution in [2.45, 2.75) is 25.4 Å². The minimum Gasteiger partial charge on any atom is -0.408 e. The van der Waals surface area contributed by atoms with Crippen molar-refractivity contribution in [3.63, 3.8) is 0 Å². The number of hydrogen-bond acceptors (Lipinski definition) is 7. The van der Waals surface area contributed by atoms with Crippen molar-refractivity contribution in [3.8, 4) is 0 Å². The molecule has 2 aliphatic heterocycles. The Balaban J connectivity index is 1.78. The molecule has 118 valence electrons. The second kappa shape index (κ2) is 5.22. The molecule has 2 fully saturated rings. The maximum Gasteiger partial charge on any atom is 0.318 e. The molecule has 0 radical (unpaired) electrons. The molecule has 0 amide bonds. The number of sulfonamides is 1. The number of hydrogen-bond donors (Lipinski definition) is 0. The highest BCUT2D eigenvalue weighted by Gasteiger charge is 2.43. The molecule has 3 rings (SSSR count). The molecular formula is C12H20N4O4S. The van der Waals surface area contributed by atoms with E-state index in [0.717, 1.165) is 19.4 Å². The van der Waals surface area contributed by atoms with Gasteiger partial charge < -0.3 is 14.1 Å². The molecule has 3 heterocycles. The molecule has 0 aliphatic carbocycles. The second-order valence-electron chi connectivity index (χ2n) is 5.76. The molecule has 0 unspecified atom stereocenters. The summed E-state index contributed by atoms with van der Waals surface area (Å²) in [5.41, 5.74) is -0.484. The van der Waals surface area contributed by atoms with Crippen LogP contribution in [0.25, 0.3) is 0 Å². The Morgan fingerprint density at radius 2 is 2.05 bits per heavy atom. The predicted molar refractivity (Wildman–Crippen MR) is 75.6 cm³/mol. The minimum absolute atomic E-state index is 0.384. The van der Waals surface area contributed by atoms with Gasteiger partial charge in [-0.05, 0) is 12.8 Å². The van der Waals surface area contributed by atoms with Gasteiger partial charge in [0.25, 0.3) is 0 Å². The van der Waals surface area contributed by atoms with E-state index in [1.165, 1.54) is 10.6 Å². The van der Waals surface area contributed by atoms with Crippen LogP contribution in [0.3, 0.4) is 0 Å². The first-order chi connectivity index (χ1) is 9.88. The van der Waals surface area contributed by atoms with Crippen molar-refractivity contribution in [3.05, 3.63) is 5.89 Å². The van der Waals surface area contributed by atoms with E-state index in [1.807, 2.05) is 4.90 Å². The third-order valence-corrected chi connectivity index (χ3v) is 5.26. The predicted octanol–water partition coefficient (Wildman–Crippen LogP) is 0.00882. The Morgan fingerprint density at radius 3 is 2.71 bits per heavy atom. The van der Waals surface area contributed by atoms with Crippen LogP contribution in [0.15, 0.2) is 4.42 Å². The molecule has 9 heteroatoms. The zero-order chi connectivity index (χ0) is 15.1. The van der Waals surface area contributed by atoms with E-state index in [1.54, 1.807) is 6.92 Å². The van der Waals surface area contributed by atoms with Gasteiger partial charge in [0.2, 0.25) is 15.9 Å². The van der Waals surface area contributed by atoms with Crippen LogP contribution in [0, 0.1) is 6.92 Å². The average molecular weight is 316 g/mol. The van der Waals surface area contributed by atoms with E-state index in [0.29, 0.717) is 38.1 Å².